The van der Waals surface area contributed by atoms with Crippen LogP contribution in [0, 0.1) is 5.82 Å². The number of benzene rings is 2. The largest absolute Gasteiger partial charge is 0.455 e. The number of thiazole rings is 1. The molecule has 0 saturated heterocycles. The third-order valence-electron chi connectivity index (χ3n) is 3.56. The average Bonchev–Trinajstić information content (AvgIpc) is 3.11. The van der Waals surface area contributed by atoms with E-state index < -0.39 is 11.8 Å². The predicted molar refractivity (Wildman–Crippen MR) is 102 cm³/mol. The van der Waals surface area contributed by atoms with Crippen molar-refractivity contribution in [1.82, 2.24) is 4.98 Å². The van der Waals surface area contributed by atoms with Gasteiger partial charge < -0.3 is 4.74 Å². The van der Waals surface area contributed by atoms with Gasteiger partial charge in [-0.2, -0.15) is 0 Å². The Balaban J connectivity index is 1.73. The maximum Gasteiger partial charge on any atom is 0.341 e. The molecule has 3 rings (SSSR count). The molecule has 0 N–H and O–H groups in total. The van der Waals surface area contributed by atoms with Crippen LogP contribution >= 0.6 is 22.9 Å². The molecule has 0 aliphatic heterocycles. The zero-order chi connectivity index (χ0) is 19.4. The van der Waals surface area contributed by atoms with Crippen LogP contribution in [0.3, 0.4) is 0 Å². The maximum atomic E-state index is 13.7. The highest BCUT2D eigenvalue weighted by molar-refractivity contribution is 7.14. The molecule has 1 amide bonds. The Morgan fingerprint density at radius 1 is 1.22 bits per heavy atom. The van der Waals surface area contributed by atoms with Crippen LogP contribution in [-0.2, 0) is 16.1 Å². The first-order valence-corrected chi connectivity index (χ1v) is 9.14. The maximum absolute atomic E-state index is 13.7. The second-order valence-corrected chi connectivity index (χ2v) is 6.78. The van der Waals surface area contributed by atoms with E-state index in [2.05, 4.69) is 4.98 Å². The first kappa shape index (κ1) is 19.0. The summed E-state index contributed by atoms with van der Waals surface area (Å²) in [7, 11) is 0. The minimum atomic E-state index is -0.837. The van der Waals surface area contributed by atoms with Crippen LogP contribution in [0.5, 0.6) is 0 Å². The fraction of sp³-hybridized carbons (Fsp3) is 0.105. The molecular formula is C19H14ClFN2O3S. The first-order chi connectivity index (χ1) is 13.0. The third-order valence-corrected chi connectivity index (χ3v) is 4.67. The Bertz CT molecular complexity index is 978. The van der Waals surface area contributed by atoms with Crippen molar-refractivity contribution in [2.75, 3.05) is 4.90 Å². The number of esters is 1. The summed E-state index contributed by atoms with van der Waals surface area (Å²) >= 11 is 7.02. The van der Waals surface area contributed by atoms with Gasteiger partial charge in [-0.15, -0.1) is 11.3 Å². The molecule has 8 heteroatoms. The number of ether oxygens (including phenoxy) is 1. The van der Waals surface area contributed by atoms with Crippen molar-refractivity contribution < 1.29 is 18.7 Å². The van der Waals surface area contributed by atoms with E-state index in [9.17, 15) is 14.0 Å². The van der Waals surface area contributed by atoms with Gasteiger partial charge in [-0.05, 0) is 30.3 Å². The Labute approximate surface area is 164 Å². The standard InChI is InChI=1S/C19H14ClFN2O3S/c1-12(24)23(15-5-3-2-4-6-15)19-22-14(11-27-19)10-26-18(25)16-9-13(20)7-8-17(16)21/h2-9,11H,10H2,1H3. The monoisotopic (exact) mass is 404 g/mol. The van der Waals surface area contributed by atoms with Gasteiger partial charge in [0.05, 0.1) is 16.9 Å². The smallest absolute Gasteiger partial charge is 0.341 e. The number of hydrogen-bond donors (Lipinski definition) is 0. The van der Waals surface area contributed by atoms with Gasteiger partial charge in [0.2, 0.25) is 5.91 Å². The molecule has 2 aromatic carbocycles. The molecule has 0 fully saturated rings. The molecule has 0 spiro atoms. The molecule has 0 saturated carbocycles. The van der Waals surface area contributed by atoms with Crippen LogP contribution in [0.4, 0.5) is 15.2 Å². The molecule has 0 atom stereocenters. The van der Waals surface area contributed by atoms with Gasteiger partial charge in [0.25, 0.3) is 0 Å². The Kier molecular flexibility index (Phi) is 5.83. The van der Waals surface area contributed by atoms with Crippen molar-refractivity contribution in [3.05, 3.63) is 76.0 Å². The Hall–Kier alpha value is -2.77. The van der Waals surface area contributed by atoms with E-state index in [4.69, 9.17) is 16.3 Å². The highest BCUT2D eigenvalue weighted by Gasteiger charge is 2.19. The number of amides is 1. The number of hydrogen-bond acceptors (Lipinski definition) is 5. The molecule has 0 unspecified atom stereocenters. The molecule has 1 aromatic heterocycles. The van der Waals surface area contributed by atoms with E-state index in [1.54, 1.807) is 17.5 Å². The van der Waals surface area contributed by atoms with Gasteiger partial charge in [0.1, 0.15) is 12.4 Å². The topological polar surface area (TPSA) is 59.5 Å². The first-order valence-electron chi connectivity index (χ1n) is 7.88. The number of nitrogens with zero attached hydrogens (tertiary/aromatic N) is 2. The summed E-state index contributed by atoms with van der Waals surface area (Å²) in [6.45, 7) is 1.29. The summed E-state index contributed by atoms with van der Waals surface area (Å²) in [5.41, 5.74) is 0.893. The van der Waals surface area contributed by atoms with Gasteiger partial charge in [-0.1, -0.05) is 29.8 Å². The van der Waals surface area contributed by atoms with Crippen LogP contribution < -0.4 is 4.90 Å². The van der Waals surface area contributed by atoms with Crippen LogP contribution in [0.2, 0.25) is 5.02 Å². The lowest BCUT2D eigenvalue weighted by atomic mass is 10.2. The van der Waals surface area contributed by atoms with E-state index in [1.807, 2.05) is 18.2 Å². The van der Waals surface area contributed by atoms with Crippen LogP contribution in [0.25, 0.3) is 0 Å². The molecule has 27 heavy (non-hydrogen) atoms. The third kappa shape index (κ3) is 4.50. The van der Waals surface area contributed by atoms with Gasteiger partial charge in [-0.3, -0.25) is 9.69 Å². The van der Waals surface area contributed by atoms with E-state index in [-0.39, 0.29) is 23.1 Å². The molecule has 1 heterocycles. The van der Waals surface area contributed by atoms with Crippen molar-refractivity contribution in [2.24, 2.45) is 0 Å². The lowest BCUT2D eigenvalue weighted by Gasteiger charge is -2.17. The zero-order valence-electron chi connectivity index (χ0n) is 14.2. The number of carbonyl (C=O) groups excluding carboxylic acids is 2. The molecular weight excluding hydrogens is 391 g/mol. The molecule has 0 bridgehead atoms. The predicted octanol–water partition coefficient (Wildman–Crippen LogP) is 4.98. The molecule has 3 aromatic rings. The minimum absolute atomic E-state index is 0.151. The van der Waals surface area contributed by atoms with E-state index in [0.29, 0.717) is 16.5 Å². The highest BCUT2D eigenvalue weighted by Crippen LogP contribution is 2.29. The fourth-order valence-electron chi connectivity index (χ4n) is 2.34. The number of aromatic nitrogens is 1. The number of para-hydroxylation sites is 1. The van der Waals surface area contributed by atoms with Crippen LogP contribution in [-0.4, -0.2) is 16.9 Å². The van der Waals surface area contributed by atoms with Crippen molar-refractivity contribution >= 4 is 45.6 Å². The molecule has 5 nitrogen and oxygen atoms in total. The summed E-state index contributed by atoms with van der Waals surface area (Å²) < 4.78 is 18.8. The molecule has 0 aliphatic carbocycles. The molecule has 138 valence electrons. The molecule has 0 aliphatic rings. The van der Waals surface area contributed by atoms with Crippen LogP contribution in [0.1, 0.15) is 23.0 Å². The summed E-state index contributed by atoms with van der Waals surface area (Å²) in [6.07, 6.45) is 0. The minimum Gasteiger partial charge on any atom is -0.455 e. The van der Waals surface area contributed by atoms with E-state index >= 15 is 0 Å². The molecule has 0 radical (unpaired) electrons. The normalized spacial score (nSPS) is 10.5. The fourth-order valence-corrected chi connectivity index (χ4v) is 3.38. The summed E-state index contributed by atoms with van der Waals surface area (Å²) in [5, 5.41) is 2.36. The van der Waals surface area contributed by atoms with Gasteiger partial charge >= 0.3 is 5.97 Å². The highest BCUT2D eigenvalue weighted by atomic mass is 35.5. The van der Waals surface area contributed by atoms with Crippen molar-refractivity contribution in [2.45, 2.75) is 13.5 Å². The number of carbonyl (C=O) groups is 2. The lowest BCUT2D eigenvalue weighted by molar-refractivity contribution is -0.115. The Morgan fingerprint density at radius 2 is 1.96 bits per heavy atom. The SMILES string of the molecule is CC(=O)N(c1ccccc1)c1nc(COC(=O)c2cc(Cl)ccc2F)cs1. The number of halogens is 2. The summed E-state index contributed by atoms with van der Waals surface area (Å²) in [6, 6.07) is 12.7. The van der Waals surface area contributed by atoms with E-state index in [1.165, 1.54) is 35.3 Å². The number of anilines is 2. The average molecular weight is 405 g/mol. The number of rotatable bonds is 5. The van der Waals surface area contributed by atoms with Crippen molar-refractivity contribution in [1.29, 1.82) is 0 Å². The van der Waals surface area contributed by atoms with Crippen LogP contribution in [0.15, 0.2) is 53.9 Å². The summed E-state index contributed by atoms with van der Waals surface area (Å²) in [4.78, 5) is 29.9. The second-order valence-electron chi connectivity index (χ2n) is 5.51. The van der Waals surface area contributed by atoms with Crippen molar-refractivity contribution in [3.63, 3.8) is 0 Å². The zero-order valence-corrected chi connectivity index (χ0v) is 15.8. The van der Waals surface area contributed by atoms with Gasteiger partial charge in [0.15, 0.2) is 5.13 Å². The quantitative estimate of drug-likeness (QED) is 0.563. The second kappa shape index (κ2) is 8.28. The van der Waals surface area contributed by atoms with Gasteiger partial charge in [-0.25, -0.2) is 14.2 Å². The van der Waals surface area contributed by atoms with Crippen molar-refractivity contribution in [3.8, 4) is 0 Å². The van der Waals surface area contributed by atoms with E-state index in [0.717, 1.165) is 6.07 Å². The van der Waals surface area contributed by atoms with Gasteiger partial charge in [0, 0.05) is 17.3 Å². The summed E-state index contributed by atoms with van der Waals surface area (Å²) in [5.74, 6) is -1.74. The lowest BCUT2D eigenvalue weighted by Crippen LogP contribution is -2.22. The Morgan fingerprint density at radius 3 is 2.67 bits per heavy atom.